The molecule has 1 aliphatic rings. The number of methoxy groups -OCH3 is 1. The lowest BCUT2D eigenvalue weighted by Crippen LogP contribution is -2.08. The number of ether oxygens (including phenoxy) is 1. The average Bonchev–Trinajstić information content (AvgIpc) is 3.40. The maximum atomic E-state index is 5.43. The first-order valence-electron chi connectivity index (χ1n) is 8.33. The predicted molar refractivity (Wildman–Crippen MR) is 99.0 cm³/mol. The number of aromatic nitrogens is 5. The Morgan fingerprint density at radius 3 is 2.96 bits per heavy atom. The van der Waals surface area contributed by atoms with E-state index in [-0.39, 0.29) is 0 Å². The van der Waals surface area contributed by atoms with Crippen LogP contribution in [0.4, 0.5) is 0 Å². The highest BCUT2D eigenvalue weighted by molar-refractivity contribution is 7.98. The summed E-state index contributed by atoms with van der Waals surface area (Å²) in [6, 6.07) is 8.42. The molecule has 0 bridgehead atoms. The van der Waals surface area contributed by atoms with E-state index < -0.39 is 0 Å². The van der Waals surface area contributed by atoms with E-state index in [9.17, 15) is 0 Å². The van der Waals surface area contributed by atoms with Gasteiger partial charge in [-0.25, -0.2) is 9.67 Å². The van der Waals surface area contributed by atoms with Gasteiger partial charge in [0.15, 0.2) is 0 Å². The Kier molecular flexibility index (Phi) is 4.98. The van der Waals surface area contributed by atoms with E-state index in [4.69, 9.17) is 9.72 Å². The van der Waals surface area contributed by atoms with Crippen LogP contribution in [0.15, 0.2) is 34.8 Å². The van der Waals surface area contributed by atoms with Crippen molar-refractivity contribution in [2.24, 2.45) is 0 Å². The quantitative estimate of drug-likeness (QED) is 0.603. The lowest BCUT2D eigenvalue weighted by atomic mass is 10.2. The van der Waals surface area contributed by atoms with Crippen molar-refractivity contribution in [1.29, 1.82) is 0 Å². The molecule has 0 spiro atoms. The van der Waals surface area contributed by atoms with Gasteiger partial charge in [0.25, 0.3) is 0 Å². The van der Waals surface area contributed by atoms with Gasteiger partial charge in [0.1, 0.15) is 10.8 Å². The van der Waals surface area contributed by atoms with Crippen LogP contribution < -0.4 is 4.74 Å². The summed E-state index contributed by atoms with van der Waals surface area (Å²) in [7, 11) is 1.69. The first kappa shape index (κ1) is 16.5. The minimum atomic E-state index is 0.456. The van der Waals surface area contributed by atoms with E-state index in [0.717, 1.165) is 32.9 Å². The van der Waals surface area contributed by atoms with E-state index in [1.54, 1.807) is 30.2 Å². The predicted octanol–water partition coefficient (Wildman–Crippen LogP) is 4.21. The molecule has 0 N–H and O–H groups in total. The minimum Gasteiger partial charge on any atom is -0.496 e. The van der Waals surface area contributed by atoms with Gasteiger partial charge in [-0.1, -0.05) is 36.7 Å². The number of thiazole rings is 1. The van der Waals surface area contributed by atoms with Crippen molar-refractivity contribution in [1.82, 2.24) is 25.2 Å². The molecule has 1 aliphatic carbocycles. The normalized spacial score (nSPS) is 14.9. The summed E-state index contributed by atoms with van der Waals surface area (Å²) in [4.78, 5) is 4.76. The maximum absolute atomic E-state index is 5.43. The number of benzene rings is 1. The van der Waals surface area contributed by atoms with Crippen LogP contribution in [0.3, 0.4) is 0 Å². The molecule has 0 aliphatic heterocycles. The molecule has 8 heteroatoms. The van der Waals surface area contributed by atoms with Gasteiger partial charge >= 0.3 is 0 Å². The van der Waals surface area contributed by atoms with E-state index >= 15 is 0 Å². The number of hydrogen-bond donors (Lipinski definition) is 0. The molecule has 0 unspecified atom stereocenters. The second kappa shape index (κ2) is 7.53. The van der Waals surface area contributed by atoms with Crippen molar-refractivity contribution < 1.29 is 4.74 Å². The molecule has 25 heavy (non-hydrogen) atoms. The third-order valence-electron chi connectivity index (χ3n) is 4.37. The Bertz CT molecular complexity index is 841. The zero-order valence-electron chi connectivity index (χ0n) is 14.0. The number of nitrogens with zero attached hydrogens (tertiary/aromatic N) is 5. The zero-order chi connectivity index (χ0) is 17.1. The van der Waals surface area contributed by atoms with Crippen molar-refractivity contribution in [3.63, 3.8) is 0 Å². The van der Waals surface area contributed by atoms with Crippen LogP contribution in [0, 0.1) is 0 Å². The minimum absolute atomic E-state index is 0.456. The molecule has 1 aromatic carbocycles. The van der Waals surface area contributed by atoms with Gasteiger partial charge in [0.2, 0.25) is 5.16 Å². The molecule has 4 rings (SSSR count). The fraction of sp³-hybridized carbons (Fsp3) is 0.412. The summed E-state index contributed by atoms with van der Waals surface area (Å²) in [5.74, 6) is 1.61. The topological polar surface area (TPSA) is 65.7 Å². The van der Waals surface area contributed by atoms with E-state index in [2.05, 4.69) is 20.9 Å². The van der Waals surface area contributed by atoms with Crippen LogP contribution >= 0.6 is 23.1 Å². The Morgan fingerprint density at radius 1 is 1.28 bits per heavy atom. The fourth-order valence-electron chi connectivity index (χ4n) is 3.12. The van der Waals surface area contributed by atoms with Crippen LogP contribution in [-0.2, 0) is 5.75 Å². The lowest BCUT2D eigenvalue weighted by molar-refractivity contribution is 0.416. The van der Waals surface area contributed by atoms with Crippen molar-refractivity contribution in [3.8, 4) is 16.3 Å². The summed E-state index contributed by atoms with van der Waals surface area (Å²) in [5, 5.41) is 16.2. The first-order chi connectivity index (χ1) is 12.3. The number of tetrazole rings is 1. The first-order valence-corrected chi connectivity index (χ1v) is 10.2. The van der Waals surface area contributed by atoms with Crippen LogP contribution in [-0.4, -0.2) is 32.3 Å². The summed E-state index contributed by atoms with van der Waals surface area (Å²) >= 11 is 3.29. The van der Waals surface area contributed by atoms with Gasteiger partial charge in [0.05, 0.1) is 24.4 Å². The molecule has 1 saturated carbocycles. The second-order valence-electron chi connectivity index (χ2n) is 5.98. The summed E-state index contributed by atoms with van der Waals surface area (Å²) in [6.07, 6.45) is 4.88. The molecule has 3 aromatic rings. The maximum Gasteiger partial charge on any atom is 0.209 e. The van der Waals surface area contributed by atoms with E-state index in [1.807, 2.05) is 28.9 Å². The van der Waals surface area contributed by atoms with Crippen LogP contribution in [0.5, 0.6) is 5.75 Å². The highest BCUT2D eigenvalue weighted by Crippen LogP contribution is 2.34. The summed E-state index contributed by atoms with van der Waals surface area (Å²) in [6.45, 7) is 0. The number of para-hydroxylation sites is 1. The number of rotatable bonds is 6. The largest absolute Gasteiger partial charge is 0.496 e. The molecule has 2 aromatic heterocycles. The number of hydrogen-bond acceptors (Lipinski definition) is 7. The second-order valence-corrected chi connectivity index (χ2v) is 7.78. The van der Waals surface area contributed by atoms with Crippen molar-refractivity contribution >= 4 is 23.1 Å². The summed E-state index contributed by atoms with van der Waals surface area (Å²) < 4.78 is 7.42. The van der Waals surface area contributed by atoms with Gasteiger partial charge in [0, 0.05) is 11.1 Å². The summed E-state index contributed by atoms with van der Waals surface area (Å²) in [5.41, 5.74) is 2.07. The molecule has 0 atom stereocenters. The molecule has 0 radical (unpaired) electrons. The molecular weight excluding hydrogens is 354 g/mol. The molecule has 2 heterocycles. The zero-order valence-corrected chi connectivity index (χ0v) is 15.6. The van der Waals surface area contributed by atoms with E-state index in [0.29, 0.717) is 6.04 Å². The van der Waals surface area contributed by atoms with Gasteiger partial charge in [-0.3, -0.25) is 0 Å². The Morgan fingerprint density at radius 2 is 2.12 bits per heavy atom. The number of thioether (sulfide) groups is 1. The van der Waals surface area contributed by atoms with Crippen molar-refractivity contribution in [2.45, 2.75) is 42.6 Å². The lowest BCUT2D eigenvalue weighted by Gasteiger charge is -2.10. The van der Waals surface area contributed by atoms with Gasteiger partial charge < -0.3 is 4.74 Å². The highest BCUT2D eigenvalue weighted by atomic mass is 32.2. The van der Waals surface area contributed by atoms with Crippen LogP contribution in [0.25, 0.3) is 10.6 Å². The van der Waals surface area contributed by atoms with Crippen molar-refractivity contribution in [3.05, 3.63) is 35.3 Å². The monoisotopic (exact) mass is 373 g/mol. The van der Waals surface area contributed by atoms with Gasteiger partial charge in [-0.2, -0.15) is 0 Å². The van der Waals surface area contributed by atoms with Crippen molar-refractivity contribution in [2.75, 3.05) is 7.11 Å². The Balaban J connectivity index is 1.46. The smallest absolute Gasteiger partial charge is 0.209 e. The average molecular weight is 374 g/mol. The van der Waals surface area contributed by atoms with Gasteiger partial charge in [-0.05, 0) is 35.4 Å². The standard InChI is InChI=1S/C17H19N5OS2/c1-23-15-9-5-4-8-14(15)16-18-12(10-24-16)11-25-17-19-20-21-22(17)13-6-2-3-7-13/h4-5,8-10,13H,2-3,6-7,11H2,1H3. The third kappa shape index (κ3) is 3.55. The van der Waals surface area contributed by atoms with E-state index in [1.165, 1.54) is 25.7 Å². The third-order valence-corrected chi connectivity index (χ3v) is 6.26. The Labute approximate surface area is 154 Å². The molecular formula is C17H19N5OS2. The molecule has 6 nitrogen and oxygen atoms in total. The highest BCUT2D eigenvalue weighted by Gasteiger charge is 2.21. The SMILES string of the molecule is COc1ccccc1-c1nc(CSc2nnnn2C2CCCC2)cs1. The molecule has 0 saturated heterocycles. The van der Waals surface area contributed by atoms with Crippen LogP contribution in [0.1, 0.15) is 37.4 Å². The van der Waals surface area contributed by atoms with Crippen LogP contribution in [0.2, 0.25) is 0 Å². The van der Waals surface area contributed by atoms with Gasteiger partial charge in [-0.15, -0.1) is 16.4 Å². The fourth-order valence-corrected chi connectivity index (χ4v) is 4.91. The molecule has 130 valence electrons. The molecule has 0 amide bonds. The Hall–Kier alpha value is -1.93. The molecule has 1 fully saturated rings.